The Morgan fingerprint density at radius 3 is 3.06 bits per heavy atom. The second-order valence-corrected chi connectivity index (χ2v) is 3.77. The number of ether oxygens (including phenoxy) is 2. The fraction of sp³-hybridized carbons (Fsp3) is 0.636. The Kier molecular flexibility index (Phi) is 3.56. The molecule has 0 saturated carbocycles. The van der Waals surface area contributed by atoms with E-state index in [1.54, 1.807) is 19.3 Å². The maximum atomic E-state index is 11.4. The van der Waals surface area contributed by atoms with Crippen LogP contribution in [0.1, 0.15) is 36.2 Å². The number of hydrogen-bond donors (Lipinski definition) is 0. The van der Waals surface area contributed by atoms with Crippen LogP contribution in [0.25, 0.3) is 0 Å². The van der Waals surface area contributed by atoms with E-state index in [4.69, 9.17) is 9.47 Å². The molecule has 5 nitrogen and oxygen atoms in total. The standard InChI is InChI=1S/C11H16N2O3/c1-2-16-11(14)9-7-12-13(8-9)10-3-5-15-6-4-10/h7-8,10H,2-6H2,1H3. The molecule has 2 heterocycles. The first-order valence-electron chi connectivity index (χ1n) is 5.60. The molecule has 2 rings (SSSR count). The molecule has 0 unspecified atom stereocenters. The molecule has 1 aliphatic heterocycles. The SMILES string of the molecule is CCOC(=O)c1cnn(C2CCOCC2)c1. The van der Waals surface area contributed by atoms with Gasteiger partial charge in [-0.1, -0.05) is 0 Å². The monoisotopic (exact) mass is 224 g/mol. The minimum Gasteiger partial charge on any atom is -0.462 e. The van der Waals surface area contributed by atoms with Crippen molar-refractivity contribution >= 4 is 5.97 Å². The maximum absolute atomic E-state index is 11.4. The molecule has 0 aromatic carbocycles. The van der Waals surface area contributed by atoms with E-state index in [1.165, 1.54) is 0 Å². The Bertz CT molecular complexity index is 356. The molecule has 0 N–H and O–H groups in total. The summed E-state index contributed by atoms with van der Waals surface area (Å²) in [6.45, 7) is 3.71. The van der Waals surface area contributed by atoms with Crippen molar-refractivity contribution in [3.63, 3.8) is 0 Å². The van der Waals surface area contributed by atoms with Crippen molar-refractivity contribution < 1.29 is 14.3 Å². The lowest BCUT2D eigenvalue weighted by Gasteiger charge is -2.22. The van der Waals surface area contributed by atoms with Crippen LogP contribution in [0.3, 0.4) is 0 Å². The van der Waals surface area contributed by atoms with Gasteiger partial charge in [0, 0.05) is 19.4 Å². The third kappa shape index (κ3) is 2.41. The molecule has 1 aromatic rings. The zero-order chi connectivity index (χ0) is 11.4. The van der Waals surface area contributed by atoms with Gasteiger partial charge in [-0.25, -0.2) is 4.79 Å². The highest BCUT2D eigenvalue weighted by atomic mass is 16.5. The highest BCUT2D eigenvalue weighted by molar-refractivity contribution is 5.88. The minimum atomic E-state index is -0.305. The van der Waals surface area contributed by atoms with Crippen molar-refractivity contribution in [2.45, 2.75) is 25.8 Å². The quantitative estimate of drug-likeness (QED) is 0.728. The van der Waals surface area contributed by atoms with E-state index in [-0.39, 0.29) is 5.97 Å². The molecule has 0 radical (unpaired) electrons. The van der Waals surface area contributed by atoms with Crippen LogP contribution in [0.5, 0.6) is 0 Å². The lowest BCUT2D eigenvalue weighted by molar-refractivity contribution is 0.0525. The van der Waals surface area contributed by atoms with Crippen LogP contribution in [0.15, 0.2) is 12.4 Å². The van der Waals surface area contributed by atoms with E-state index >= 15 is 0 Å². The topological polar surface area (TPSA) is 53.3 Å². The highest BCUT2D eigenvalue weighted by Gasteiger charge is 2.18. The molecular weight excluding hydrogens is 208 g/mol. The lowest BCUT2D eigenvalue weighted by Crippen LogP contribution is -2.19. The number of hydrogen-bond acceptors (Lipinski definition) is 4. The summed E-state index contributed by atoms with van der Waals surface area (Å²) < 4.78 is 12.0. The van der Waals surface area contributed by atoms with Crippen LogP contribution in [0, 0.1) is 0 Å². The zero-order valence-corrected chi connectivity index (χ0v) is 9.39. The average Bonchev–Trinajstić information content (AvgIpc) is 2.80. The summed E-state index contributed by atoms with van der Waals surface area (Å²) in [5.74, 6) is -0.305. The first-order valence-corrected chi connectivity index (χ1v) is 5.60. The summed E-state index contributed by atoms with van der Waals surface area (Å²) >= 11 is 0. The van der Waals surface area contributed by atoms with E-state index in [9.17, 15) is 4.79 Å². The summed E-state index contributed by atoms with van der Waals surface area (Å²) in [5, 5.41) is 4.20. The van der Waals surface area contributed by atoms with Gasteiger partial charge in [0.1, 0.15) is 0 Å². The summed E-state index contributed by atoms with van der Waals surface area (Å²) in [6.07, 6.45) is 5.22. The summed E-state index contributed by atoms with van der Waals surface area (Å²) in [4.78, 5) is 11.4. The Labute approximate surface area is 94.3 Å². The second-order valence-electron chi connectivity index (χ2n) is 3.77. The van der Waals surface area contributed by atoms with Crippen LogP contribution >= 0.6 is 0 Å². The summed E-state index contributed by atoms with van der Waals surface area (Å²) in [5.41, 5.74) is 0.522. The number of esters is 1. The predicted molar refractivity (Wildman–Crippen MR) is 57.3 cm³/mol. The van der Waals surface area contributed by atoms with Gasteiger partial charge in [0.25, 0.3) is 0 Å². The summed E-state index contributed by atoms with van der Waals surface area (Å²) in [6, 6.07) is 0.344. The fourth-order valence-corrected chi connectivity index (χ4v) is 1.81. The van der Waals surface area contributed by atoms with Crippen LogP contribution in [-0.4, -0.2) is 35.6 Å². The molecule has 1 saturated heterocycles. The lowest BCUT2D eigenvalue weighted by atomic mass is 10.1. The Hall–Kier alpha value is -1.36. The van der Waals surface area contributed by atoms with Crippen molar-refractivity contribution in [1.82, 2.24) is 9.78 Å². The van der Waals surface area contributed by atoms with E-state index in [2.05, 4.69) is 5.10 Å². The number of carbonyl (C=O) groups is 1. The number of rotatable bonds is 3. The van der Waals surface area contributed by atoms with Crippen molar-refractivity contribution in [1.29, 1.82) is 0 Å². The van der Waals surface area contributed by atoms with Gasteiger partial charge < -0.3 is 9.47 Å². The van der Waals surface area contributed by atoms with Crippen molar-refractivity contribution in [3.05, 3.63) is 18.0 Å². The number of carbonyl (C=O) groups excluding carboxylic acids is 1. The Morgan fingerprint density at radius 1 is 1.62 bits per heavy atom. The third-order valence-corrected chi connectivity index (χ3v) is 2.68. The molecule has 5 heteroatoms. The number of nitrogens with zero attached hydrogens (tertiary/aromatic N) is 2. The average molecular weight is 224 g/mol. The molecule has 0 atom stereocenters. The Morgan fingerprint density at radius 2 is 2.38 bits per heavy atom. The minimum absolute atomic E-state index is 0.305. The van der Waals surface area contributed by atoms with Gasteiger partial charge in [-0.15, -0.1) is 0 Å². The normalized spacial score (nSPS) is 17.3. The van der Waals surface area contributed by atoms with Crippen molar-refractivity contribution in [2.75, 3.05) is 19.8 Å². The Balaban J connectivity index is 2.03. The smallest absolute Gasteiger partial charge is 0.341 e. The van der Waals surface area contributed by atoms with Crippen molar-refractivity contribution in [3.8, 4) is 0 Å². The van der Waals surface area contributed by atoms with Crippen LogP contribution in [0.2, 0.25) is 0 Å². The highest BCUT2D eigenvalue weighted by Crippen LogP contribution is 2.20. The van der Waals surface area contributed by atoms with Gasteiger partial charge in [0.2, 0.25) is 0 Å². The molecule has 1 aliphatic rings. The maximum Gasteiger partial charge on any atom is 0.341 e. The zero-order valence-electron chi connectivity index (χ0n) is 9.39. The third-order valence-electron chi connectivity index (χ3n) is 2.68. The van der Waals surface area contributed by atoms with E-state index in [1.807, 2.05) is 4.68 Å². The molecule has 16 heavy (non-hydrogen) atoms. The van der Waals surface area contributed by atoms with Crippen LogP contribution in [0.4, 0.5) is 0 Å². The predicted octanol–water partition coefficient (Wildman–Crippen LogP) is 1.41. The second kappa shape index (κ2) is 5.12. The first kappa shape index (κ1) is 11.1. The van der Waals surface area contributed by atoms with Gasteiger partial charge in [-0.3, -0.25) is 4.68 Å². The summed E-state index contributed by atoms with van der Waals surface area (Å²) in [7, 11) is 0. The molecule has 0 spiro atoms. The molecular formula is C11H16N2O3. The molecule has 0 amide bonds. The number of aromatic nitrogens is 2. The fourth-order valence-electron chi connectivity index (χ4n) is 1.81. The van der Waals surface area contributed by atoms with Crippen LogP contribution in [-0.2, 0) is 9.47 Å². The molecule has 0 bridgehead atoms. The van der Waals surface area contributed by atoms with E-state index in [0.717, 1.165) is 26.1 Å². The van der Waals surface area contributed by atoms with E-state index < -0.39 is 0 Å². The van der Waals surface area contributed by atoms with Gasteiger partial charge in [0.15, 0.2) is 0 Å². The van der Waals surface area contributed by atoms with Gasteiger partial charge in [-0.05, 0) is 19.8 Å². The van der Waals surface area contributed by atoms with Crippen LogP contribution < -0.4 is 0 Å². The van der Waals surface area contributed by atoms with Gasteiger partial charge in [0.05, 0.1) is 24.4 Å². The molecule has 88 valence electrons. The molecule has 0 aliphatic carbocycles. The van der Waals surface area contributed by atoms with Crippen molar-refractivity contribution in [2.24, 2.45) is 0 Å². The molecule has 1 fully saturated rings. The van der Waals surface area contributed by atoms with Gasteiger partial charge >= 0.3 is 5.97 Å². The van der Waals surface area contributed by atoms with E-state index in [0.29, 0.717) is 18.2 Å². The largest absolute Gasteiger partial charge is 0.462 e. The van der Waals surface area contributed by atoms with Gasteiger partial charge in [-0.2, -0.15) is 5.10 Å². The molecule has 1 aromatic heterocycles. The first-order chi connectivity index (χ1) is 7.81.